The van der Waals surface area contributed by atoms with Crippen LogP contribution in [0.15, 0.2) is 30.6 Å². The van der Waals surface area contributed by atoms with E-state index in [0.717, 1.165) is 11.0 Å². The summed E-state index contributed by atoms with van der Waals surface area (Å²) < 4.78 is 0. The van der Waals surface area contributed by atoms with E-state index in [-0.39, 0.29) is 0 Å². The topological polar surface area (TPSA) is 25.8 Å². The highest BCUT2D eigenvalue weighted by atomic mass is 14.7. The summed E-state index contributed by atoms with van der Waals surface area (Å²) >= 11 is 0. The highest BCUT2D eigenvalue weighted by Crippen LogP contribution is 2.03. The molecule has 2 nitrogen and oxygen atoms in total. The number of nitrogens with zero attached hydrogens (tertiary/aromatic N) is 2. The smallest absolute Gasteiger partial charge is 0.0892 e. The Morgan fingerprint density at radius 3 is 3.10 bits per heavy atom. The predicted molar refractivity (Wildman–Crippen MR) is 38.4 cm³/mol. The highest BCUT2D eigenvalue weighted by molar-refractivity contribution is 5.72. The van der Waals surface area contributed by atoms with Crippen molar-refractivity contribution >= 4 is 11.0 Å². The van der Waals surface area contributed by atoms with E-state index in [1.165, 1.54) is 0 Å². The summed E-state index contributed by atoms with van der Waals surface area (Å²) in [5.74, 6) is 0. The third kappa shape index (κ3) is 0.739. The Labute approximate surface area is 58.6 Å². The normalized spacial score (nSPS) is 10.0. The van der Waals surface area contributed by atoms with Crippen LogP contribution in [0.4, 0.5) is 0 Å². The number of rotatable bonds is 0. The van der Waals surface area contributed by atoms with Gasteiger partial charge in [0.1, 0.15) is 0 Å². The minimum Gasteiger partial charge on any atom is -0.255 e. The maximum absolute atomic E-state index is 4.09. The second-order valence-electron chi connectivity index (χ2n) is 1.98. The van der Waals surface area contributed by atoms with Crippen LogP contribution in [0.25, 0.3) is 11.0 Å². The number of fused-ring (bicyclic) bond motifs is 1. The summed E-state index contributed by atoms with van der Waals surface area (Å²) in [7, 11) is 0. The van der Waals surface area contributed by atoms with E-state index in [0.29, 0.717) is 0 Å². The molecule has 2 aromatic rings. The maximum atomic E-state index is 4.09. The lowest BCUT2D eigenvalue weighted by molar-refractivity contribution is 1.33. The third-order valence-electron chi connectivity index (χ3n) is 1.31. The summed E-state index contributed by atoms with van der Waals surface area (Å²) in [5, 5.41) is 0. The van der Waals surface area contributed by atoms with E-state index in [2.05, 4.69) is 16.0 Å². The van der Waals surface area contributed by atoms with E-state index in [1.54, 1.807) is 12.4 Å². The fourth-order valence-electron chi connectivity index (χ4n) is 0.852. The number of aromatic nitrogens is 2. The molecule has 2 aromatic heterocycles. The summed E-state index contributed by atoms with van der Waals surface area (Å²) in [6.45, 7) is 0. The summed E-state index contributed by atoms with van der Waals surface area (Å²) in [6, 6.07) is 8.48. The lowest BCUT2D eigenvalue weighted by Gasteiger charge is -1.90. The van der Waals surface area contributed by atoms with Crippen molar-refractivity contribution in [3.8, 4) is 0 Å². The molecule has 0 N–H and O–H groups in total. The van der Waals surface area contributed by atoms with Gasteiger partial charge in [0.15, 0.2) is 0 Å². The van der Waals surface area contributed by atoms with Gasteiger partial charge >= 0.3 is 0 Å². The van der Waals surface area contributed by atoms with Crippen molar-refractivity contribution in [2.24, 2.45) is 0 Å². The summed E-state index contributed by atoms with van der Waals surface area (Å²) in [5.41, 5.74) is 1.81. The fourth-order valence-corrected chi connectivity index (χ4v) is 0.852. The Morgan fingerprint density at radius 1 is 1.20 bits per heavy atom. The van der Waals surface area contributed by atoms with Crippen LogP contribution in [0.1, 0.15) is 0 Å². The molecule has 47 valence electrons. The van der Waals surface area contributed by atoms with Gasteiger partial charge in [-0.3, -0.25) is 9.97 Å². The van der Waals surface area contributed by atoms with Crippen molar-refractivity contribution < 1.29 is 0 Å². The Bertz CT molecular complexity index is 278. The molecule has 2 heterocycles. The first-order valence-corrected chi connectivity index (χ1v) is 3.03. The lowest BCUT2D eigenvalue weighted by atomic mass is 10.3. The standard InChI is InChI=1S/C8H5N2/c1-3-7-8(9-5-1)4-2-6-10-7/h1,3-6H. The minimum absolute atomic E-state index is 0.894. The van der Waals surface area contributed by atoms with Crippen molar-refractivity contribution in [3.05, 3.63) is 36.7 Å². The van der Waals surface area contributed by atoms with Gasteiger partial charge < -0.3 is 0 Å². The van der Waals surface area contributed by atoms with Crippen LogP contribution in [0, 0.1) is 6.07 Å². The van der Waals surface area contributed by atoms with Crippen LogP contribution in [-0.2, 0) is 0 Å². The van der Waals surface area contributed by atoms with Gasteiger partial charge in [0.05, 0.1) is 11.0 Å². The van der Waals surface area contributed by atoms with E-state index in [9.17, 15) is 0 Å². The van der Waals surface area contributed by atoms with Crippen LogP contribution in [0.2, 0.25) is 0 Å². The molecule has 0 atom stereocenters. The molecule has 0 aliphatic heterocycles. The van der Waals surface area contributed by atoms with Crippen molar-refractivity contribution in [1.82, 2.24) is 9.97 Å². The highest BCUT2D eigenvalue weighted by Gasteiger charge is 1.88. The molecule has 0 fully saturated rings. The lowest BCUT2D eigenvalue weighted by Crippen LogP contribution is -1.78. The van der Waals surface area contributed by atoms with Gasteiger partial charge in [-0.15, -0.1) is 0 Å². The Morgan fingerprint density at radius 2 is 2.20 bits per heavy atom. The molecule has 1 radical (unpaired) electrons. The maximum Gasteiger partial charge on any atom is 0.0892 e. The average Bonchev–Trinajstić information content (AvgIpc) is 2.05. The van der Waals surface area contributed by atoms with Gasteiger partial charge in [-0.05, 0) is 18.2 Å². The Kier molecular flexibility index (Phi) is 1.10. The van der Waals surface area contributed by atoms with Crippen LogP contribution in [0.5, 0.6) is 0 Å². The summed E-state index contributed by atoms with van der Waals surface area (Å²) in [6.07, 6.45) is 3.39. The zero-order valence-electron chi connectivity index (χ0n) is 5.28. The molecule has 0 spiro atoms. The molecule has 0 amide bonds. The average molecular weight is 129 g/mol. The van der Waals surface area contributed by atoms with Gasteiger partial charge in [0, 0.05) is 18.5 Å². The number of hydrogen-bond donors (Lipinski definition) is 0. The first kappa shape index (κ1) is 5.35. The van der Waals surface area contributed by atoms with E-state index >= 15 is 0 Å². The largest absolute Gasteiger partial charge is 0.255 e. The second-order valence-corrected chi connectivity index (χ2v) is 1.98. The van der Waals surface area contributed by atoms with Gasteiger partial charge in [-0.2, -0.15) is 0 Å². The first-order valence-electron chi connectivity index (χ1n) is 3.03. The van der Waals surface area contributed by atoms with Crippen molar-refractivity contribution in [3.63, 3.8) is 0 Å². The van der Waals surface area contributed by atoms with Crippen molar-refractivity contribution in [2.45, 2.75) is 0 Å². The molecule has 0 aromatic carbocycles. The van der Waals surface area contributed by atoms with Gasteiger partial charge in [0.2, 0.25) is 0 Å². The van der Waals surface area contributed by atoms with Crippen LogP contribution < -0.4 is 0 Å². The fraction of sp³-hybridized carbons (Fsp3) is 0. The SMILES string of the molecule is [c]1cnc2cccnc2c1. The molecule has 0 aliphatic carbocycles. The van der Waals surface area contributed by atoms with Crippen LogP contribution in [0.3, 0.4) is 0 Å². The second kappa shape index (κ2) is 2.06. The van der Waals surface area contributed by atoms with Gasteiger partial charge in [-0.1, -0.05) is 0 Å². The summed E-state index contributed by atoms with van der Waals surface area (Å²) in [4.78, 5) is 8.15. The number of pyridine rings is 2. The molecular weight excluding hydrogens is 124 g/mol. The van der Waals surface area contributed by atoms with Crippen molar-refractivity contribution in [1.29, 1.82) is 0 Å². The van der Waals surface area contributed by atoms with Crippen LogP contribution in [-0.4, -0.2) is 9.97 Å². The Balaban J connectivity index is 2.89. The van der Waals surface area contributed by atoms with E-state index < -0.39 is 0 Å². The first-order chi connectivity index (χ1) is 4.97. The number of hydrogen-bond acceptors (Lipinski definition) is 2. The van der Waals surface area contributed by atoms with Crippen molar-refractivity contribution in [2.75, 3.05) is 0 Å². The van der Waals surface area contributed by atoms with E-state index in [1.807, 2.05) is 18.2 Å². The molecular formula is C8H5N2. The quantitative estimate of drug-likeness (QED) is 0.537. The van der Waals surface area contributed by atoms with Crippen LogP contribution >= 0.6 is 0 Å². The zero-order chi connectivity index (χ0) is 6.81. The monoisotopic (exact) mass is 129 g/mol. The molecule has 2 rings (SSSR count). The Hall–Kier alpha value is -1.44. The molecule has 0 saturated carbocycles. The molecule has 0 saturated heterocycles. The third-order valence-corrected chi connectivity index (χ3v) is 1.31. The minimum atomic E-state index is 0.894. The van der Waals surface area contributed by atoms with Gasteiger partial charge in [0.25, 0.3) is 0 Å². The van der Waals surface area contributed by atoms with E-state index in [4.69, 9.17) is 0 Å². The molecule has 0 bridgehead atoms. The molecule has 0 aliphatic rings. The zero-order valence-corrected chi connectivity index (χ0v) is 5.28. The molecule has 10 heavy (non-hydrogen) atoms. The van der Waals surface area contributed by atoms with Gasteiger partial charge in [-0.25, -0.2) is 0 Å². The molecule has 0 unspecified atom stereocenters. The predicted octanol–water partition coefficient (Wildman–Crippen LogP) is 1.43. The molecule has 2 heteroatoms.